The normalized spacial score (nSPS) is 16.6. The first-order chi connectivity index (χ1) is 11.8. The molecule has 128 valence electrons. The summed E-state index contributed by atoms with van der Waals surface area (Å²) in [6.07, 6.45) is 1.54. The van der Waals surface area contributed by atoms with Crippen LogP contribution < -0.4 is 10.2 Å². The Balaban J connectivity index is 2.08. The number of benzene rings is 1. The Morgan fingerprint density at radius 3 is 2.32 bits per heavy atom. The molecule has 0 bridgehead atoms. The monoisotopic (exact) mass is 337 g/mol. The van der Waals surface area contributed by atoms with Crippen LogP contribution in [-0.4, -0.2) is 22.4 Å². The van der Waals surface area contributed by atoms with Crippen molar-refractivity contribution in [3.8, 4) is 0 Å². The molecule has 6 nitrogen and oxygen atoms in total. The molecule has 1 fully saturated rings. The third kappa shape index (κ3) is 2.76. The maximum atomic E-state index is 12.9. The fraction of sp³-hybridized carbons (Fsp3) is 0.211. The van der Waals surface area contributed by atoms with Gasteiger partial charge in [0.15, 0.2) is 0 Å². The summed E-state index contributed by atoms with van der Waals surface area (Å²) in [7, 11) is 1.92. The van der Waals surface area contributed by atoms with Crippen LogP contribution in [0.3, 0.4) is 0 Å². The molecule has 1 aromatic heterocycles. The Morgan fingerprint density at radius 1 is 1.04 bits per heavy atom. The van der Waals surface area contributed by atoms with E-state index in [9.17, 15) is 14.4 Å². The SMILES string of the molecule is Cc1ccccc1N1C(=O)NC(=O)C(=Cc2cc(C)n(C)c2C)C1=O. The van der Waals surface area contributed by atoms with Gasteiger partial charge in [-0.2, -0.15) is 0 Å². The molecule has 1 aliphatic heterocycles. The van der Waals surface area contributed by atoms with Gasteiger partial charge < -0.3 is 4.57 Å². The van der Waals surface area contributed by atoms with Crippen LogP contribution in [0.15, 0.2) is 35.9 Å². The predicted molar refractivity (Wildman–Crippen MR) is 95.1 cm³/mol. The average molecular weight is 337 g/mol. The highest BCUT2D eigenvalue weighted by molar-refractivity contribution is 6.39. The van der Waals surface area contributed by atoms with Crippen molar-refractivity contribution in [2.45, 2.75) is 20.8 Å². The molecule has 0 unspecified atom stereocenters. The number of anilines is 1. The number of carbonyl (C=O) groups excluding carboxylic acids is 3. The molecule has 4 amide bonds. The molecule has 1 aliphatic rings. The topological polar surface area (TPSA) is 71.4 Å². The van der Waals surface area contributed by atoms with E-state index in [1.165, 1.54) is 6.08 Å². The van der Waals surface area contributed by atoms with Crippen molar-refractivity contribution < 1.29 is 14.4 Å². The number of carbonyl (C=O) groups is 3. The third-order valence-corrected chi connectivity index (χ3v) is 4.57. The molecule has 1 aromatic carbocycles. The largest absolute Gasteiger partial charge is 0.352 e. The lowest BCUT2D eigenvalue weighted by atomic mass is 10.1. The summed E-state index contributed by atoms with van der Waals surface area (Å²) in [5.41, 5.74) is 3.90. The number of imide groups is 2. The summed E-state index contributed by atoms with van der Waals surface area (Å²) in [6, 6.07) is 8.22. The van der Waals surface area contributed by atoms with Crippen molar-refractivity contribution in [3.05, 3.63) is 58.4 Å². The first-order valence-electron chi connectivity index (χ1n) is 7.91. The van der Waals surface area contributed by atoms with Crippen molar-refractivity contribution in [1.82, 2.24) is 9.88 Å². The van der Waals surface area contributed by atoms with Gasteiger partial charge in [0.05, 0.1) is 5.69 Å². The van der Waals surface area contributed by atoms with E-state index in [4.69, 9.17) is 0 Å². The fourth-order valence-electron chi connectivity index (χ4n) is 2.88. The van der Waals surface area contributed by atoms with Crippen molar-refractivity contribution >= 4 is 29.6 Å². The maximum absolute atomic E-state index is 12.9. The lowest BCUT2D eigenvalue weighted by Gasteiger charge is -2.27. The van der Waals surface area contributed by atoms with Gasteiger partial charge in [-0.15, -0.1) is 0 Å². The summed E-state index contributed by atoms with van der Waals surface area (Å²) in [4.78, 5) is 38.3. The van der Waals surface area contributed by atoms with E-state index in [1.807, 2.05) is 37.6 Å². The molecule has 0 saturated carbocycles. The molecule has 1 saturated heterocycles. The van der Waals surface area contributed by atoms with Gasteiger partial charge in [0, 0.05) is 18.4 Å². The van der Waals surface area contributed by atoms with Crippen molar-refractivity contribution in [2.24, 2.45) is 7.05 Å². The van der Waals surface area contributed by atoms with Crippen molar-refractivity contribution in [1.29, 1.82) is 0 Å². The first kappa shape index (κ1) is 16.7. The van der Waals surface area contributed by atoms with Gasteiger partial charge in [0.25, 0.3) is 11.8 Å². The van der Waals surface area contributed by atoms with E-state index in [0.29, 0.717) is 5.69 Å². The Labute approximate surface area is 145 Å². The molecule has 0 spiro atoms. The number of aromatic nitrogens is 1. The van der Waals surface area contributed by atoms with Crippen LogP contribution in [0.2, 0.25) is 0 Å². The number of nitrogens with one attached hydrogen (secondary N) is 1. The molecular formula is C19H19N3O3. The third-order valence-electron chi connectivity index (χ3n) is 4.57. The first-order valence-corrected chi connectivity index (χ1v) is 7.91. The van der Waals surface area contributed by atoms with Crippen LogP contribution in [-0.2, 0) is 16.6 Å². The summed E-state index contributed by atoms with van der Waals surface area (Å²) >= 11 is 0. The molecule has 0 aliphatic carbocycles. The minimum Gasteiger partial charge on any atom is -0.352 e. The minimum absolute atomic E-state index is 0.0587. The molecule has 0 radical (unpaired) electrons. The zero-order valence-electron chi connectivity index (χ0n) is 14.6. The predicted octanol–water partition coefficient (Wildman–Crippen LogP) is 2.62. The number of amides is 4. The number of urea groups is 1. The Hall–Kier alpha value is -3.15. The van der Waals surface area contributed by atoms with E-state index in [2.05, 4.69) is 5.32 Å². The summed E-state index contributed by atoms with van der Waals surface area (Å²) in [5.74, 6) is -1.30. The average Bonchev–Trinajstić information content (AvgIpc) is 2.80. The number of nitrogens with zero attached hydrogens (tertiary/aromatic N) is 2. The lowest BCUT2D eigenvalue weighted by molar-refractivity contribution is -0.122. The molecular weight excluding hydrogens is 318 g/mol. The van der Waals surface area contributed by atoms with Gasteiger partial charge in [-0.3, -0.25) is 14.9 Å². The molecule has 0 atom stereocenters. The van der Waals surface area contributed by atoms with Crippen molar-refractivity contribution in [2.75, 3.05) is 4.90 Å². The molecule has 2 heterocycles. The van der Waals surface area contributed by atoms with Crippen LogP contribution in [0.1, 0.15) is 22.5 Å². The van der Waals surface area contributed by atoms with Crippen LogP contribution in [0.5, 0.6) is 0 Å². The van der Waals surface area contributed by atoms with Gasteiger partial charge in [0.1, 0.15) is 5.57 Å². The number of barbiturate groups is 1. The maximum Gasteiger partial charge on any atom is 0.335 e. The molecule has 25 heavy (non-hydrogen) atoms. The Bertz CT molecular complexity index is 937. The quantitative estimate of drug-likeness (QED) is 0.676. The Kier molecular flexibility index (Phi) is 4.04. The van der Waals surface area contributed by atoms with E-state index in [1.54, 1.807) is 25.1 Å². The molecule has 3 rings (SSSR count). The van der Waals surface area contributed by atoms with Crippen LogP contribution in [0, 0.1) is 20.8 Å². The number of para-hydroxylation sites is 1. The molecule has 1 N–H and O–H groups in total. The number of hydrogen-bond acceptors (Lipinski definition) is 3. The second-order valence-electron chi connectivity index (χ2n) is 6.13. The number of hydrogen-bond donors (Lipinski definition) is 1. The number of rotatable bonds is 2. The molecule has 6 heteroatoms. The summed E-state index contributed by atoms with van der Waals surface area (Å²) < 4.78 is 1.97. The smallest absolute Gasteiger partial charge is 0.335 e. The van der Waals surface area contributed by atoms with Gasteiger partial charge in [-0.05, 0) is 50.1 Å². The van der Waals surface area contributed by atoms with Crippen LogP contribution >= 0.6 is 0 Å². The second-order valence-corrected chi connectivity index (χ2v) is 6.13. The zero-order valence-corrected chi connectivity index (χ0v) is 14.6. The van der Waals surface area contributed by atoms with Gasteiger partial charge >= 0.3 is 6.03 Å². The summed E-state index contributed by atoms with van der Waals surface area (Å²) in [6.45, 7) is 5.66. The fourth-order valence-corrected chi connectivity index (χ4v) is 2.88. The van der Waals surface area contributed by atoms with Crippen LogP contribution in [0.4, 0.5) is 10.5 Å². The highest BCUT2D eigenvalue weighted by atomic mass is 16.2. The zero-order chi connectivity index (χ0) is 18.3. The van der Waals surface area contributed by atoms with E-state index in [-0.39, 0.29) is 5.57 Å². The van der Waals surface area contributed by atoms with Gasteiger partial charge in [0.2, 0.25) is 0 Å². The van der Waals surface area contributed by atoms with Crippen LogP contribution in [0.25, 0.3) is 6.08 Å². The van der Waals surface area contributed by atoms with E-state index in [0.717, 1.165) is 27.4 Å². The van der Waals surface area contributed by atoms with Gasteiger partial charge in [-0.25, -0.2) is 9.69 Å². The Morgan fingerprint density at radius 2 is 1.72 bits per heavy atom. The second kappa shape index (κ2) is 6.05. The van der Waals surface area contributed by atoms with E-state index >= 15 is 0 Å². The van der Waals surface area contributed by atoms with Crippen molar-refractivity contribution in [3.63, 3.8) is 0 Å². The van der Waals surface area contributed by atoms with E-state index < -0.39 is 17.8 Å². The molecule has 2 aromatic rings. The summed E-state index contributed by atoms with van der Waals surface area (Å²) in [5, 5.41) is 2.25. The minimum atomic E-state index is -0.734. The highest BCUT2D eigenvalue weighted by Crippen LogP contribution is 2.25. The highest BCUT2D eigenvalue weighted by Gasteiger charge is 2.37. The lowest BCUT2D eigenvalue weighted by Crippen LogP contribution is -2.54. The number of aryl methyl sites for hydroxylation is 2. The van der Waals surface area contributed by atoms with Gasteiger partial charge in [-0.1, -0.05) is 18.2 Å². The standard InChI is InChI=1S/C19H19N3O3/c1-11-7-5-6-8-16(11)22-18(24)15(17(23)20-19(22)25)10-14-9-12(2)21(4)13(14)3/h5-10H,1-4H3,(H,20,23,25).